The Hall–Kier alpha value is -3.28. The minimum Gasteiger partial charge on any atom is -0.448 e. The Bertz CT molecular complexity index is 1100. The summed E-state index contributed by atoms with van der Waals surface area (Å²) in [5.74, 6) is -1.92. The number of rotatable bonds is 5. The molecular weight excluding hydrogens is 431 g/mol. The van der Waals surface area contributed by atoms with Gasteiger partial charge in [-0.3, -0.25) is 10.1 Å². The van der Waals surface area contributed by atoms with Gasteiger partial charge in [0.1, 0.15) is 11.6 Å². The van der Waals surface area contributed by atoms with Gasteiger partial charge in [-0.25, -0.2) is 9.59 Å². The number of urea groups is 1. The van der Waals surface area contributed by atoms with Gasteiger partial charge < -0.3 is 15.0 Å². The molecule has 0 fully saturated rings. The molecule has 1 aromatic carbocycles. The van der Waals surface area contributed by atoms with E-state index in [1.165, 1.54) is 13.0 Å². The lowest BCUT2D eigenvalue weighted by atomic mass is 10.1. The summed E-state index contributed by atoms with van der Waals surface area (Å²) in [4.78, 5) is 34.7. The van der Waals surface area contributed by atoms with Gasteiger partial charge in [0.15, 0.2) is 6.10 Å². The lowest BCUT2D eigenvalue weighted by Gasteiger charge is -2.12. The van der Waals surface area contributed by atoms with E-state index in [0.29, 0.717) is 27.0 Å². The lowest BCUT2D eigenvalue weighted by Crippen LogP contribution is -2.42. The summed E-state index contributed by atoms with van der Waals surface area (Å²) >= 11 is 12.4. The highest BCUT2D eigenvalue weighted by Gasteiger charge is 2.22. The average Bonchev–Trinajstić information content (AvgIpc) is 2.94. The largest absolute Gasteiger partial charge is 0.448 e. The Kier molecular flexibility index (Phi) is 7.27. The number of aromatic nitrogens is 1. The highest BCUT2D eigenvalue weighted by Crippen LogP contribution is 2.32. The number of primary amides is 1. The third-order valence-corrected chi connectivity index (χ3v) is 4.99. The monoisotopic (exact) mass is 448 g/mol. The molecule has 30 heavy (non-hydrogen) atoms. The second kappa shape index (κ2) is 9.48. The number of imide groups is 1. The molecule has 3 amide bonds. The van der Waals surface area contributed by atoms with Gasteiger partial charge in [-0.1, -0.05) is 29.3 Å². The average molecular weight is 449 g/mol. The fourth-order valence-corrected chi connectivity index (χ4v) is 3.14. The Labute approximate surface area is 182 Å². The number of hydrogen-bond acceptors (Lipinski definition) is 5. The van der Waals surface area contributed by atoms with Crippen molar-refractivity contribution in [3.8, 4) is 11.8 Å². The molecular formula is C20H18Cl2N4O4. The third kappa shape index (κ3) is 5.00. The van der Waals surface area contributed by atoms with Crippen LogP contribution < -0.4 is 11.1 Å². The van der Waals surface area contributed by atoms with Crippen molar-refractivity contribution >= 4 is 47.2 Å². The molecule has 3 N–H and O–H groups in total. The molecule has 2 rings (SSSR count). The van der Waals surface area contributed by atoms with Crippen molar-refractivity contribution in [1.29, 1.82) is 5.26 Å². The van der Waals surface area contributed by atoms with Gasteiger partial charge in [-0.05, 0) is 50.6 Å². The number of aryl methyl sites for hydroxylation is 1. The predicted molar refractivity (Wildman–Crippen MR) is 112 cm³/mol. The van der Waals surface area contributed by atoms with Crippen molar-refractivity contribution in [1.82, 2.24) is 9.88 Å². The van der Waals surface area contributed by atoms with Crippen LogP contribution in [0.2, 0.25) is 10.0 Å². The first-order chi connectivity index (χ1) is 14.1. The number of benzene rings is 1. The Morgan fingerprint density at radius 2 is 1.97 bits per heavy atom. The van der Waals surface area contributed by atoms with Crippen LogP contribution in [0.1, 0.15) is 23.9 Å². The Balaban J connectivity index is 2.36. The van der Waals surface area contributed by atoms with Crippen LogP contribution in [0, 0.1) is 25.2 Å². The van der Waals surface area contributed by atoms with Crippen LogP contribution in [0.15, 0.2) is 29.8 Å². The summed E-state index contributed by atoms with van der Waals surface area (Å²) in [6, 6.07) is 7.66. The number of nitriles is 1. The summed E-state index contributed by atoms with van der Waals surface area (Å²) in [5.41, 5.74) is 7.25. The fourth-order valence-electron chi connectivity index (χ4n) is 2.76. The van der Waals surface area contributed by atoms with E-state index in [2.05, 4.69) is 0 Å². The molecule has 0 aliphatic carbocycles. The van der Waals surface area contributed by atoms with E-state index in [1.807, 2.05) is 11.5 Å². The number of ether oxygens (including phenoxy) is 1. The van der Waals surface area contributed by atoms with Crippen LogP contribution in [-0.4, -0.2) is 28.6 Å². The molecule has 2 aromatic rings. The van der Waals surface area contributed by atoms with E-state index >= 15 is 0 Å². The minimum atomic E-state index is -1.32. The van der Waals surface area contributed by atoms with Crippen molar-refractivity contribution in [3.63, 3.8) is 0 Å². The van der Waals surface area contributed by atoms with Crippen molar-refractivity contribution in [2.24, 2.45) is 5.73 Å². The second-order valence-electron chi connectivity index (χ2n) is 6.31. The van der Waals surface area contributed by atoms with E-state index in [9.17, 15) is 19.6 Å². The molecule has 0 saturated heterocycles. The highest BCUT2D eigenvalue weighted by molar-refractivity contribution is 6.43. The molecule has 0 bridgehead atoms. The molecule has 1 aromatic heterocycles. The smallest absolute Gasteiger partial charge is 0.349 e. The number of nitrogens with zero attached hydrogens (tertiary/aromatic N) is 2. The zero-order valence-corrected chi connectivity index (χ0v) is 17.8. The van der Waals surface area contributed by atoms with Crippen molar-refractivity contribution in [2.75, 3.05) is 0 Å². The first kappa shape index (κ1) is 23.0. The summed E-state index contributed by atoms with van der Waals surface area (Å²) in [7, 11) is 0. The van der Waals surface area contributed by atoms with Gasteiger partial charge in [0.25, 0.3) is 5.91 Å². The second-order valence-corrected chi connectivity index (χ2v) is 7.09. The van der Waals surface area contributed by atoms with E-state index in [4.69, 9.17) is 33.7 Å². The number of amides is 3. The lowest BCUT2D eigenvalue weighted by molar-refractivity contribution is -0.150. The standard InChI is InChI=1S/C20H18Cl2N4O4/c1-10-7-13(11(2)26(10)16-6-4-5-15(21)17(16)22)8-14(9-23)19(28)30-12(3)18(27)25-20(24)29/h4-8,12H,1-3H3,(H3,24,25,27,29)/b14-8+. The maximum atomic E-state index is 12.3. The van der Waals surface area contributed by atoms with Crippen LogP contribution in [0.25, 0.3) is 11.8 Å². The maximum Gasteiger partial charge on any atom is 0.349 e. The predicted octanol–water partition coefficient (Wildman–Crippen LogP) is 3.43. The van der Waals surface area contributed by atoms with Crippen LogP contribution in [0.5, 0.6) is 0 Å². The molecule has 0 spiro atoms. The quantitative estimate of drug-likeness (QED) is 0.411. The minimum absolute atomic E-state index is 0.328. The molecule has 1 atom stereocenters. The van der Waals surface area contributed by atoms with Gasteiger partial charge >= 0.3 is 12.0 Å². The van der Waals surface area contributed by atoms with E-state index in [0.717, 1.165) is 5.69 Å². The van der Waals surface area contributed by atoms with E-state index < -0.39 is 24.0 Å². The summed E-state index contributed by atoms with van der Waals surface area (Å²) in [6.45, 7) is 4.87. The van der Waals surface area contributed by atoms with Gasteiger partial charge in [0.05, 0.1) is 15.7 Å². The molecule has 8 nitrogen and oxygen atoms in total. The van der Waals surface area contributed by atoms with E-state index in [-0.39, 0.29) is 5.57 Å². The number of esters is 1. The number of hydrogen-bond donors (Lipinski definition) is 2. The number of nitrogens with one attached hydrogen (secondary N) is 1. The number of carbonyl (C=O) groups is 3. The maximum absolute atomic E-state index is 12.3. The molecule has 0 aliphatic heterocycles. The zero-order chi connectivity index (χ0) is 22.6. The highest BCUT2D eigenvalue weighted by atomic mass is 35.5. The third-order valence-electron chi connectivity index (χ3n) is 4.18. The van der Waals surface area contributed by atoms with Crippen LogP contribution >= 0.6 is 23.2 Å². The zero-order valence-electron chi connectivity index (χ0n) is 16.3. The van der Waals surface area contributed by atoms with Gasteiger partial charge in [0, 0.05) is 11.4 Å². The molecule has 0 radical (unpaired) electrons. The summed E-state index contributed by atoms with van der Waals surface area (Å²) < 4.78 is 6.78. The SMILES string of the molecule is Cc1cc(/C=C(\C#N)C(=O)OC(C)C(=O)NC(N)=O)c(C)n1-c1cccc(Cl)c1Cl. The number of nitrogens with two attached hydrogens (primary N) is 1. The summed E-state index contributed by atoms with van der Waals surface area (Å²) in [5, 5.41) is 11.9. The molecule has 156 valence electrons. The molecule has 10 heteroatoms. The van der Waals surface area contributed by atoms with Gasteiger partial charge in [0.2, 0.25) is 0 Å². The first-order valence-electron chi connectivity index (χ1n) is 8.63. The molecule has 0 aliphatic rings. The van der Waals surface area contributed by atoms with E-state index in [1.54, 1.807) is 42.6 Å². The van der Waals surface area contributed by atoms with Gasteiger partial charge in [-0.15, -0.1) is 0 Å². The number of halogens is 2. The normalized spacial score (nSPS) is 12.1. The topological polar surface area (TPSA) is 127 Å². The Morgan fingerprint density at radius 1 is 1.30 bits per heavy atom. The molecule has 0 saturated carbocycles. The first-order valence-corrected chi connectivity index (χ1v) is 9.38. The van der Waals surface area contributed by atoms with Crippen LogP contribution in [0.4, 0.5) is 4.79 Å². The van der Waals surface area contributed by atoms with Crippen LogP contribution in [-0.2, 0) is 14.3 Å². The number of carbonyl (C=O) groups excluding carboxylic acids is 3. The fraction of sp³-hybridized carbons (Fsp3) is 0.200. The van der Waals surface area contributed by atoms with Crippen LogP contribution in [0.3, 0.4) is 0 Å². The Morgan fingerprint density at radius 3 is 2.57 bits per heavy atom. The van der Waals surface area contributed by atoms with Crippen molar-refractivity contribution in [3.05, 3.63) is 56.8 Å². The van der Waals surface area contributed by atoms with Gasteiger partial charge in [-0.2, -0.15) is 5.26 Å². The summed E-state index contributed by atoms with van der Waals surface area (Å²) in [6.07, 6.45) is 0.0256. The van der Waals surface area contributed by atoms with Crippen molar-refractivity contribution in [2.45, 2.75) is 26.9 Å². The molecule has 1 heterocycles. The van der Waals surface area contributed by atoms with Crippen molar-refractivity contribution < 1.29 is 19.1 Å². The molecule has 1 unspecified atom stereocenters.